The Kier molecular flexibility index (Phi) is 4.44. The van der Waals surface area contributed by atoms with Gasteiger partial charge in [0, 0.05) is 30.9 Å². The smallest absolute Gasteiger partial charge is 0.0992 e. The molecule has 2 aromatic rings. The molecule has 0 amide bonds. The van der Waals surface area contributed by atoms with Gasteiger partial charge in [-0.05, 0) is 63.0 Å². The lowest BCUT2D eigenvalue weighted by atomic mass is 10.2. The highest BCUT2D eigenvalue weighted by molar-refractivity contribution is 9.11. The van der Waals surface area contributed by atoms with E-state index in [0.717, 1.165) is 21.2 Å². The zero-order valence-electron chi connectivity index (χ0n) is 9.63. The number of aryl methyl sites for hydroxylation is 1. The molecule has 0 saturated carbocycles. The van der Waals surface area contributed by atoms with Gasteiger partial charge >= 0.3 is 0 Å². The molecule has 0 radical (unpaired) electrons. The molecule has 1 heterocycles. The molecular formula is C13H10Br2N2S. The molecular weight excluding hydrogens is 376 g/mol. The minimum absolute atomic E-state index is 0.655. The summed E-state index contributed by atoms with van der Waals surface area (Å²) in [6.07, 6.45) is 0. The highest BCUT2D eigenvalue weighted by Gasteiger charge is 2.04. The number of hydrogen-bond acceptors (Lipinski definition) is 3. The van der Waals surface area contributed by atoms with E-state index in [9.17, 15) is 0 Å². The summed E-state index contributed by atoms with van der Waals surface area (Å²) in [7, 11) is 0. The molecule has 0 aliphatic carbocycles. The van der Waals surface area contributed by atoms with E-state index >= 15 is 0 Å². The summed E-state index contributed by atoms with van der Waals surface area (Å²) in [4.78, 5) is 2.56. The Bertz CT molecular complexity index is 594. The molecule has 2 nitrogen and oxygen atoms in total. The largest absolute Gasteiger partial charge is 0.379 e. The minimum atomic E-state index is 0.655. The molecule has 0 bridgehead atoms. The van der Waals surface area contributed by atoms with Crippen molar-refractivity contribution < 1.29 is 0 Å². The highest BCUT2D eigenvalue weighted by atomic mass is 79.9. The van der Waals surface area contributed by atoms with E-state index in [1.54, 1.807) is 11.3 Å². The van der Waals surface area contributed by atoms with Crippen molar-refractivity contribution in [3.05, 3.63) is 48.5 Å². The first-order chi connectivity index (χ1) is 8.60. The third-order valence-corrected chi connectivity index (χ3v) is 5.25. The molecule has 0 saturated heterocycles. The van der Waals surface area contributed by atoms with Crippen molar-refractivity contribution >= 4 is 48.9 Å². The number of thiophene rings is 1. The van der Waals surface area contributed by atoms with Crippen LogP contribution in [0.15, 0.2) is 33.2 Å². The first-order valence-electron chi connectivity index (χ1n) is 5.28. The van der Waals surface area contributed by atoms with Crippen LogP contribution < -0.4 is 5.32 Å². The quantitative estimate of drug-likeness (QED) is 0.800. The van der Waals surface area contributed by atoms with E-state index in [0.29, 0.717) is 5.56 Å². The molecule has 18 heavy (non-hydrogen) atoms. The second-order valence-electron chi connectivity index (χ2n) is 3.78. The third-order valence-electron chi connectivity index (χ3n) is 2.46. The summed E-state index contributed by atoms with van der Waals surface area (Å²) in [5.74, 6) is 0. The van der Waals surface area contributed by atoms with Gasteiger partial charge in [-0.3, -0.25) is 0 Å². The van der Waals surface area contributed by atoms with Crippen molar-refractivity contribution in [1.29, 1.82) is 5.26 Å². The standard InChI is InChI=1S/C13H10Br2N2S/c1-8-11(14)5-10(18-8)7-17-13-3-2-9(6-16)4-12(13)15/h2-5,17H,7H2,1H3. The van der Waals surface area contributed by atoms with Gasteiger partial charge in [-0.1, -0.05) is 0 Å². The van der Waals surface area contributed by atoms with Crippen LogP contribution in [-0.4, -0.2) is 0 Å². The van der Waals surface area contributed by atoms with Gasteiger partial charge in [-0.2, -0.15) is 5.26 Å². The molecule has 0 fully saturated rings. The van der Waals surface area contributed by atoms with Crippen LogP contribution in [0.5, 0.6) is 0 Å². The fraction of sp³-hybridized carbons (Fsp3) is 0.154. The maximum atomic E-state index is 8.80. The second-order valence-corrected chi connectivity index (χ2v) is 6.83. The predicted molar refractivity (Wildman–Crippen MR) is 82.9 cm³/mol. The van der Waals surface area contributed by atoms with Gasteiger partial charge in [-0.15, -0.1) is 11.3 Å². The van der Waals surface area contributed by atoms with E-state index in [-0.39, 0.29) is 0 Å². The highest BCUT2D eigenvalue weighted by Crippen LogP contribution is 2.28. The number of halogens is 2. The van der Waals surface area contributed by atoms with Crippen LogP contribution in [0.4, 0.5) is 5.69 Å². The predicted octanol–water partition coefficient (Wildman–Crippen LogP) is 5.07. The van der Waals surface area contributed by atoms with Crippen LogP contribution in [-0.2, 0) is 6.54 Å². The summed E-state index contributed by atoms with van der Waals surface area (Å²) < 4.78 is 2.07. The van der Waals surface area contributed by atoms with Crippen molar-refractivity contribution in [3.63, 3.8) is 0 Å². The van der Waals surface area contributed by atoms with E-state index in [4.69, 9.17) is 5.26 Å². The van der Waals surface area contributed by atoms with Gasteiger partial charge in [0.15, 0.2) is 0 Å². The van der Waals surface area contributed by atoms with Gasteiger partial charge in [0.1, 0.15) is 0 Å². The number of hydrogen-bond donors (Lipinski definition) is 1. The van der Waals surface area contributed by atoms with Crippen molar-refractivity contribution in [2.45, 2.75) is 13.5 Å². The average molecular weight is 386 g/mol. The second kappa shape index (κ2) is 5.87. The summed E-state index contributed by atoms with van der Waals surface area (Å²) in [5.41, 5.74) is 1.65. The first-order valence-corrected chi connectivity index (χ1v) is 7.68. The van der Waals surface area contributed by atoms with E-state index in [1.807, 2.05) is 18.2 Å². The molecule has 0 atom stereocenters. The topological polar surface area (TPSA) is 35.8 Å². The average Bonchev–Trinajstić information content (AvgIpc) is 2.67. The maximum absolute atomic E-state index is 8.80. The lowest BCUT2D eigenvalue weighted by Crippen LogP contribution is -1.98. The lowest BCUT2D eigenvalue weighted by Gasteiger charge is -2.07. The molecule has 0 unspecified atom stereocenters. The molecule has 0 spiro atoms. The van der Waals surface area contributed by atoms with Gasteiger partial charge in [0.2, 0.25) is 0 Å². The number of nitrogens with one attached hydrogen (secondary N) is 1. The van der Waals surface area contributed by atoms with Gasteiger partial charge < -0.3 is 5.32 Å². The molecule has 1 N–H and O–H groups in total. The molecule has 92 valence electrons. The SMILES string of the molecule is Cc1sc(CNc2ccc(C#N)cc2Br)cc1Br. The van der Waals surface area contributed by atoms with Crippen molar-refractivity contribution in [3.8, 4) is 6.07 Å². The Hall–Kier alpha value is -0.830. The number of nitrogens with zero attached hydrogens (tertiary/aromatic N) is 1. The van der Waals surface area contributed by atoms with Gasteiger partial charge in [-0.25, -0.2) is 0 Å². The van der Waals surface area contributed by atoms with E-state index in [2.05, 4.69) is 56.2 Å². The van der Waals surface area contributed by atoms with Crippen LogP contribution >= 0.6 is 43.2 Å². The summed E-state index contributed by atoms with van der Waals surface area (Å²) in [6, 6.07) is 9.79. The van der Waals surface area contributed by atoms with Crippen molar-refractivity contribution in [2.24, 2.45) is 0 Å². The fourth-order valence-corrected chi connectivity index (χ4v) is 3.58. The third kappa shape index (κ3) is 3.14. The number of nitriles is 1. The fourth-order valence-electron chi connectivity index (χ4n) is 1.52. The van der Waals surface area contributed by atoms with Crippen LogP contribution in [0.3, 0.4) is 0 Å². The summed E-state index contributed by atoms with van der Waals surface area (Å²) in [5, 5.41) is 12.2. The molecule has 1 aromatic carbocycles. The maximum Gasteiger partial charge on any atom is 0.0992 e. The molecule has 5 heteroatoms. The Morgan fingerprint density at radius 1 is 1.28 bits per heavy atom. The number of rotatable bonds is 3. The Labute approximate surface area is 127 Å². The van der Waals surface area contributed by atoms with Gasteiger partial charge in [0.05, 0.1) is 11.6 Å². The van der Waals surface area contributed by atoms with Crippen LogP contribution in [0.2, 0.25) is 0 Å². The molecule has 0 aliphatic heterocycles. The van der Waals surface area contributed by atoms with E-state index < -0.39 is 0 Å². The minimum Gasteiger partial charge on any atom is -0.379 e. The summed E-state index contributed by atoms with van der Waals surface area (Å²) in [6.45, 7) is 2.87. The lowest BCUT2D eigenvalue weighted by molar-refractivity contribution is 1.19. The first kappa shape index (κ1) is 13.6. The normalized spacial score (nSPS) is 10.1. The number of benzene rings is 1. The molecule has 2 rings (SSSR count). The Morgan fingerprint density at radius 2 is 2.06 bits per heavy atom. The summed E-state index contributed by atoms with van der Waals surface area (Å²) >= 11 is 8.74. The number of anilines is 1. The van der Waals surface area contributed by atoms with E-state index in [1.165, 1.54) is 9.75 Å². The zero-order valence-corrected chi connectivity index (χ0v) is 13.6. The Balaban J connectivity index is 2.09. The van der Waals surface area contributed by atoms with Crippen LogP contribution in [0, 0.1) is 18.3 Å². The monoisotopic (exact) mass is 384 g/mol. The molecule has 0 aliphatic rings. The van der Waals surface area contributed by atoms with Crippen molar-refractivity contribution in [1.82, 2.24) is 0 Å². The van der Waals surface area contributed by atoms with Crippen LogP contribution in [0.1, 0.15) is 15.3 Å². The zero-order chi connectivity index (χ0) is 13.1. The van der Waals surface area contributed by atoms with Crippen molar-refractivity contribution in [2.75, 3.05) is 5.32 Å². The molecule has 1 aromatic heterocycles. The van der Waals surface area contributed by atoms with Crippen LogP contribution in [0.25, 0.3) is 0 Å². The van der Waals surface area contributed by atoms with Gasteiger partial charge in [0.25, 0.3) is 0 Å². The Morgan fingerprint density at radius 3 is 2.61 bits per heavy atom.